The van der Waals surface area contributed by atoms with Crippen molar-refractivity contribution in [3.8, 4) is 17.6 Å². The lowest BCUT2D eigenvalue weighted by atomic mass is 10.3. The second kappa shape index (κ2) is 3.58. The van der Waals surface area contributed by atoms with Crippen LogP contribution in [0.5, 0.6) is 11.5 Å². The van der Waals surface area contributed by atoms with Crippen LogP contribution in [0.2, 0.25) is 0 Å². The summed E-state index contributed by atoms with van der Waals surface area (Å²) in [7, 11) is 1.53. The highest BCUT2D eigenvalue weighted by Crippen LogP contribution is 2.38. The maximum absolute atomic E-state index is 11.6. The predicted molar refractivity (Wildman–Crippen MR) is 50.9 cm³/mol. The first-order valence-corrected chi connectivity index (χ1v) is 4.44. The van der Waals surface area contributed by atoms with Gasteiger partial charge in [0.15, 0.2) is 0 Å². The Morgan fingerprint density at radius 3 is 3.13 bits per heavy atom. The van der Waals surface area contributed by atoms with Crippen LogP contribution in [0.25, 0.3) is 0 Å². The van der Waals surface area contributed by atoms with Gasteiger partial charge in [-0.25, -0.2) is 0 Å². The fraction of sp³-hybridized carbons (Fsp3) is 0.300. The molecule has 2 rings (SSSR count). The Kier molecular flexibility index (Phi) is 2.26. The van der Waals surface area contributed by atoms with Crippen molar-refractivity contribution < 1.29 is 14.2 Å². The number of benzene rings is 1. The zero-order valence-electron chi connectivity index (χ0n) is 8.14. The van der Waals surface area contributed by atoms with Crippen LogP contribution in [0.3, 0.4) is 0 Å². The maximum atomic E-state index is 11.6. The van der Waals surface area contributed by atoms with Crippen molar-refractivity contribution in [2.45, 2.75) is 12.6 Å². The molecule has 0 N–H and O–H groups in total. The number of nitrogens with zero attached hydrogens (tertiary/aromatic N) is 2. The second-order valence-electron chi connectivity index (χ2n) is 3.09. The van der Waals surface area contributed by atoms with Gasteiger partial charge in [-0.3, -0.25) is 0 Å². The molecule has 0 fully saturated rings. The summed E-state index contributed by atoms with van der Waals surface area (Å²) < 4.78 is 11.0. The van der Waals surface area contributed by atoms with Gasteiger partial charge in [-0.15, -0.1) is 0 Å². The van der Waals surface area contributed by atoms with E-state index in [0.29, 0.717) is 21.9 Å². The Morgan fingerprint density at radius 2 is 2.47 bits per heavy atom. The van der Waals surface area contributed by atoms with Crippen molar-refractivity contribution in [1.29, 1.82) is 5.26 Å². The molecule has 1 heterocycles. The van der Waals surface area contributed by atoms with Crippen molar-refractivity contribution in [1.82, 2.24) is 0 Å². The maximum Gasteiger partial charge on any atom is 0.363 e. The zero-order chi connectivity index (χ0) is 10.8. The molecule has 0 aromatic heterocycles. The van der Waals surface area contributed by atoms with Gasteiger partial charge in [-0.05, 0) is 12.1 Å². The van der Waals surface area contributed by atoms with Crippen LogP contribution in [0, 0.1) is 16.2 Å². The van der Waals surface area contributed by atoms with Crippen LogP contribution in [-0.4, -0.2) is 18.1 Å². The van der Waals surface area contributed by atoms with E-state index in [1.165, 1.54) is 7.11 Å². The minimum Gasteiger partial charge on any atom is -0.496 e. The second-order valence-corrected chi connectivity index (χ2v) is 3.09. The standard InChI is InChI=1S/C10H9N2O3/c1-14-7-2-3-9-8(6-7)12(13)10(15-9)4-5-11/h2-3,6,10H,4H2,1H3/q+1. The van der Waals surface area contributed by atoms with Gasteiger partial charge in [-0.1, -0.05) is 0 Å². The van der Waals surface area contributed by atoms with E-state index in [2.05, 4.69) is 0 Å². The summed E-state index contributed by atoms with van der Waals surface area (Å²) in [5.41, 5.74) is 0.412. The number of nitriles is 1. The highest BCUT2D eigenvalue weighted by molar-refractivity contribution is 5.52. The lowest BCUT2D eigenvalue weighted by Gasteiger charge is -1.96. The third-order valence-electron chi connectivity index (χ3n) is 2.19. The Hall–Kier alpha value is -2.09. The first-order valence-electron chi connectivity index (χ1n) is 4.44. The monoisotopic (exact) mass is 205 g/mol. The first kappa shape index (κ1) is 9.46. The van der Waals surface area contributed by atoms with E-state index in [4.69, 9.17) is 14.7 Å². The van der Waals surface area contributed by atoms with E-state index in [9.17, 15) is 4.91 Å². The van der Waals surface area contributed by atoms with E-state index in [1.54, 1.807) is 18.2 Å². The minimum absolute atomic E-state index is 0.0422. The van der Waals surface area contributed by atoms with Crippen LogP contribution in [-0.2, 0) is 0 Å². The Balaban J connectivity index is 2.34. The molecule has 1 aromatic rings. The van der Waals surface area contributed by atoms with Crippen molar-refractivity contribution in [2.75, 3.05) is 7.11 Å². The van der Waals surface area contributed by atoms with E-state index < -0.39 is 6.23 Å². The summed E-state index contributed by atoms with van der Waals surface area (Å²) in [6.07, 6.45) is -0.697. The van der Waals surface area contributed by atoms with Gasteiger partial charge in [0.2, 0.25) is 5.75 Å². The topological polar surface area (TPSA) is 62.3 Å². The molecule has 5 nitrogen and oxygen atoms in total. The van der Waals surface area contributed by atoms with Gasteiger partial charge in [-0.2, -0.15) is 5.26 Å². The summed E-state index contributed by atoms with van der Waals surface area (Å²) in [6, 6.07) is 6.88. The third-order valence-corrected chi connectivity index (χ3v) is 2.19. The molecule has 1 aliphatic heterocycles. The third kappa shape index (κ3) is 1.50. The first-order chi connectivity index (χ1) is 7.26. The SMILES string of the molecule is COc1ccc2c(c1)[N+](=O)C(CC#N)O2. The molecular weight excluding hydrogens is 196 g/mol. The number of nitroso groups, excluding NO2 is 1. The van der Waals surface area contributed by atoms with E-state index >= 15 is 0 Å². The lowest BCUT2D eigenvalue weighted by Crippen LogP contribution is -2.19. The molecule has 0 spiro atoms. The highest BCUT2D eigenvalue weighted by Gasteiger charge is 2.40. The largest absolute Gasteiger partial charge is 0.496 e. The van der Waals surface area contributed by atoms with Crippen molar-refractivity contribution in [2.24, 2.45) is 0 Å². The van der Waals surface area contributed by atoms with Gasteiger partial charge in [0, 0.05) is 4.91 Å². The average Bonchev–Trinajstić information content (AvgIpc) is 2.56. The van der Waals surface area contributed by atoms with E-state index in [1.807, 2.05) is 6.07 Å². The molecule has 0 amide bonds. The molecule has 0 aliphatic carbocycles. The predicted octanol–water partition coefficient (Wildman–Crippen LogP) is 1.74. The highest BCUT2D eigenvalue weighted by atomic mass is 16.5. The number of ether oxygens (including phenoxy) is 2. The molecule has 76 valence electrons. The van der Waals surface area contributed by atoms with Gasteiger partial charge in [0.1, 0.15) is 12.2 Å². The van der Waals surface area contributed by atoms with E-state index in [-0.39, 0.29) is 6.42 Å². The van der Waals surface area contributed by atoms with Crippen LogP contribution in [0.15, 0.2) is 18.2 Å². The normalized spacial score (nSPS) is 17.9. The molecule has 1 unspecified atom stereocenters. The van der Waals surface area contributed by atoms with Crippen LogP contribution in [0.1, 0.15) is 6.42 Å². The number of hydrogen-bond donors (Lipinski definition) is 0. The smallest absolute Gasteiger partial charge is 0.363 e. The van der Waals surface area contributed by atoms with Gasteiger partial charge in [0.25, 0.3) is 0 Å². The molecule has 15 heavy (non-hydrogen) atoms. The van der Waals surface area contributed by atoms with Crippen LogP contribution < -0.4 is 9.47 Å². The number of fused-ring (bicyclic) bond motifs is 1. The summed E-state index contributed by atoms with van der Waals surface area (Å²) in [5.74, 6) is 1.09. The van der Waals surface area contributed by atoms with Gasteiger partial charge >= 0.3 is 11.9 Å². The molecule has 0 bridgehead atoms. The quantitative estimate of drug-likeness (QED) is 0.690. The fourth-order valence-electron chi connectivity index (χ4n) is 1.45. The summed E-state index contributed by atoms with van der Waals surface area (Å²) in [5, 5.41) is 8.50. The average molecular weight is 205 g/mol. The number of rotatable bonds is 2. The Labute approximate surface area is 86.4 Å². The summed E-state index contributed by atoms with van der Waals surface area (Å²) >= 11 is 0. The summed E-state index contributed by atoms with van der Waals surface area (Å²) in [6.45, 7) is 0. The minimum atomic E-state index is -0.739. The van der Waals surface area contributed by atoms with Gasteiger partial charge in [0.05, 0.1) is 24.0 Å². The van der Waals surface area contributed by atoms with E-state index in [0.717, 1.165) is 0 Å². The van der Waals surface area contributed by atoms with Crippen molar-refractivity contribution >= 4 is 5.69 Å². The van der Waals surface area contributed by atoms with Crippen molar-refractivity contribution in [3.05, 3.63) is 23.1 Å². The van der Waals surface area contributed by atoms with Gasteiger partial charge < -0.3 is 9.47 Å². The molecule has 5 heteroatoms. The number of hydrogen-bond acceptors (Lipinski definition) is 4. The Bertz CT molecular complexity index is 450. The molecule has 1 aliphatic rings. The summed E-state index contributed by atoms with van der Waals surface area (Å²) in [4.78, 5) is 11.6. The molecular formula is C10H9N2O3+. The van der Waals surface area contributed by atoms with Crippen molar-refractivity contribution in [3.63, 3.8) is 0 Å². The van der Waals surface area contributed by atoms with Crippen LogP contribution in [0.4, 0.5) is 5.69 Å². The zero-order valence-corrected chi connectivity index (χ0v) is 8.14. The molecule has 0 saturated carbocycles. The Morgan fingerprint density at radius 1 is 1.67 bits per heavy atom. The molecule has 1 atom stereocenters. The lowest BCUT2D eigenvalue weighted by molar-refractivity contribution is -0.527. The number of methoxy groups -OCH3 is 1. The fourth-order valence-corrected chi connectivity index (χ4v) is 1.45. The van der Waals surface area contributed by atoms with Crippen LogP contribution >= 0.6 is 0 Å². The molecule has 0 radical (unpaired) electrons. The molecule has 0 saturated heterocycles. The molecule has 1 aromatic carbocycles.